The summed E-state index contributed by atoms with van der Waals surface area (Å²) in [6.45, 7) is 16.0. The normalized spacial score (nSPS) is 19.9. The molecule has 2 aromatic heterocycles. The van der Waals surface area contributed by atoms with Gasteiger partial charge in [-0.25, -0.2) is 9.97 Å². The summed E-state index contributed by atoms with van der Waals surface area (Å²) in [6.07, 6.45) is 5.11. The number of piperidine rings is 1. The highest BCUT2D eigenvalue weighted by Crippen LogP contribution is 2.37. The van der Waals surface area contributed by atoms with E-state index in [0.717, 1.165) is 61.8 Å². The minimum Gasteiger partial charge on any atom is -0.381 e. The van der Waals surface area contributed by atoms with E-state index in [4.69, 9.17) is 14.7 Å². The molecule has 2 aliphatic rings. The lowest BCUT2D eigenvalue weighted by molar-refractivity contribution is 0.0719. The van der Waals surface area contributed by atoms with Crippen LogP contribution in [-0.2, 0) is 17.7 Å². The van der Waals surface area contributed by atoms with E-state index in [1.165, 1.54) is 33.6 Å². The third kappa shape index (κ3) is 4.96. The van der Waals surface area contributed by atoms with Gasteiger partial charge in [-0.2, -0.15) is 0 Å². The van der Waals surface area contributed by atoms with Gasteiger partial charge in [-0.15, -0.1) is 0 Å². The summed E-state index contributed by atoms with van der Waals surface area (Å²) in [5.41, 5.74) is 9.70. The highest BCUT2D eigenvalue weighted by molar-refractivity contribution is 5.67. The van der Waals surface area contributed by atoms with E-state index in [1.54, 1.807) is 0 Å². The Kier molecular flexibility index (Phi) is 7.21. The van der Waals surface area contributed by atoms with Gasteiger partial charge in [-0.05, 0) is 75.3 Å². The van der Waals surface area contributed by atoms with Gasteiger partial charge in [0.2, 0.25) is 0 Å². The van der Waals surface area contributed by atoms with E-state index in [9.17, 15) is 0 Å². The maximum Gasteiger partial charge on any atom is 0.163 e. The topological polar surface area (TPSA) is 54.4 Å². The highest BCUT2D eigenvalue weighted by Gasteiger charge is 2.32. The van der Waals surface area contributed by atoms with Crippen molar-refractivity contribution in [3.05, 3.63) is 64.1 Å². The molecule has 0 radical (unpaired) electrons. The van der Waals surface area contributed by atoms with Gasteiger partial charge in [0.1, 0.15) is 5.82 Å². The zero-order valence-corrected chi connectivity index (χ0v) is 23.5. The number of aryl methyl sites for hydroxylation is 3. The molecule has 1 aromatic carbocycles. The first-order chi connectivity index (χ1) is 17.8. The molecule has 1 saturated heterocycles. The minimum absolute atomic E-state index is 0.309. The first kappa shape index (κ1) is 25.7. The summed E-state index contributed by atoms with van der Waals surface area (Å²) in [7, 11) is 1.83. The number of ether oxygens (including phenoxy) is 1. The maximum absolute atomic E-state index is 5.73. The van der Waals surface area contributed by atoms with E-state index in [-0.39, 0.29) is 0 Å². The fraction of sp³-hybridized carbons (Fsp3) is 0.516. The molecule has 3 aromatic rings. The molecule has 2 atom stereocenters. The molecule has 2 unspecified atom stereocenters. The lowest BCUT2D eigenvalue weighted by Crippen LogP contribution is -2.45. The van der Waals surface area contributed by atoms with Gasteiger partial charge in [0.25, 0.3) is 0 Å². The van der Waals surface area contributed by atoms with Crippen LogP contribution in [0.3, 0.4) is 0 Å². The lowest BCUT2D eigenvalue weighted by Gasteiger charge is -2.41. The third-order valence-electron chi connectivity index (χ3n) is 8.28. The van der Waals surface area contributed by atoms with E-state index >= 15 is 0 Å². The second-order valence-corrected chi connectivity index (χ2v) is 11.2. The van der Waals surface area contributed by atoms with Crippen LogP contribution in [0, 0.1) is 20.8 Å². The van der Waals surface area contributed by atoms with Gasteiger partial charge in [0.05, 0.1) is 11.8 Å². The smallest absolute Gasteiger partial charge is 0.163 e. The van der Waals surface area contributed by atoms with Crippen molar-refractivity contribution in [2.75, 3.05) is 30.0 Å². The van der Waals surface area contributed by atoms with Crippen LogP contribution in [0.1, 0.15) is 73.2 Å². The molecule has 0 bridgehead atoms. The molecule has 0 aliphatic carbocycles. The van der Waals surface area contributed by atoms with Crippen LogP contribution in [-0.4, -0.2) is 47.3 Å². The maximum atomic E-state index is 5.73. The van der Waals surface area contributed by atoms with Crippen molar-refractivity contribution in [2.45, 2.75) is 85.4 Å². The van der Waals surface area contributed by atoms with Gasteiger partial charge in [-0.1, -0.05) is 26.0 Å². The van der Waals surface area contributed by atoms with Crippen LogP contribution >= 0.6 is 0 Å². The Morgan fingerprint density at radius 2 is 1.84 bits per heavy atom. The average molecular weight is 500 g/mol. The van der Waals surface area contributed by atoms with Crippen LogP contribution in [0.5, 0.6) is 0 Å². The number of hydrogen-bond donors (Lipinski definition) is 0. The predicted molar refractivity (Wildman–Crippen MR) is 152 cm³/mol. The zero-order valence-electron chi connectivity index (χ0n) is 23.5. The quantitative estimate of drug-likeness (QED) is 0.419. The van der Waals surface area contributed by atoms with Gasteiger partial charge >= 0.3 is 0 Å². The summed E-state index contributed by atoms with van der Waals surface area (Å²) in [4.78, 5) is 20.1. The van der Waals surface area contributed by atoms with Gasteiger partial charge < -0.3 is 14.5 Å². The van der Waals surface area contributed by atoms with Crippen molar-refractivity contribution in [3.63, 3.8) is 0 Å². The Morgan fingerprint density at radius 1 is 1.03 bits per heavy atom. The monoisotopic (exact) mass is 499 g/mol. The summed E-state index contributed by atoms with van der Waals surface area (Å²) in [6, 6.07) is 9.33. The number of anilines is 2. The largest absolute Gasteiger partial charge is 0.381 e. The van der Waals surface area contributed by atoms with Crippen LogP contribution < -0.4 is 9.80 Å². The number of rotatable bonds is 5. The average Bonchev–Trinajstić information content (AvgIpc) is 2.88. The molecule has 6 heteroatoms. The van der Waals surface area contributed by atoms with E-state index < -0.39 is 0 Å². The number of benzene rings is 1. The summed E-state index contributed by atoms with van der Waals surface area (Å²) in [5, 5.41) is 0. The van der Waals surface area contributed by atoms with Gasteiger partial charge in [-0.3, -0.25) is 4.98 Å². The van der Waals surface area contributed by atoms with Crippen molar-refractivity contribution < 1.29 is 4.74 Å². The Labute approximate surface area is 222 Å². The number of fused-ring (bicyclic) bond motifs is 1. The summed E-state index contributed by atoms with van der Waals surface area (Å²) < 4.78 is 5.73. The molecule has 37 heavy (non-hydrogen) atoms. The minimum atomic E-state index is 0.309. The Balaban J connectivity index is 1.60. The van der Waals surface area contributed by atoms with Crippen molar-refractivity contribution in [1.29, 1.82) is 0 Å². The molecular formula is C31H41N5O. The Bertz CT molecular complexity index is 1270. The second kappa shape index (κ2) is 10.4. The zero-order chi connectivity index (χ0) is 26.3. The molecule has 196 valence electrons. The number of nitrogens with zero attached hydrogens (tertiary/aromatic N) is 5. The molecule has 4 heterocycles. The molecule has 0 spiro atoms. The number of methoxy groups -OCH3 is 1. The van der Waals surface area contributed by atoms with E-state index in [1.807, 2.05) is 13.3 Å². The molecule has 6 nitrogen and oxygen atoms in total. The Hall–Kier alpha value is -2.99. The summed E-state index contributed by atoms with van der Waals surface area (Å²) >= 11 is 0. The molecule has 0 amide bonds. The highest BCUT2D eigenvalue weighted by atomic mass is 16.5. The fourth-order valence-corrected chi connectivity index (χ4v) is 5.97. The van der Waals surface area contributed by atoms with Crippen LogP contribution in [0.2, 0.25) is 0 Å². The number of hydrogen-bond acceptors (Lipinski definition) is 6. The molecule has 5 rings (SSSR count). The van der Waals surface area contributed by atoms with Crippen molar-refractivity contribution in [3.8, 4) is 11.4 Å². The second-order valence-electron chi connectivity index (χ2n) is 11.2. The van der Waals surface area contributed by atoms with Crippen molar-refractivity contribution in [1.82, 2.24) is 15.0 Å². The molecule has 2 aliphatic heterocycles. The first-order valence-corrected chi connectivity index (χ1v) is 13.7. The fourth-order valence-electron chi connectivity index (χ4n) is 5.97. The van der Waals surface area contributed by atoms with E-state index in [0.29, 0.717) is 18.1 Å². The lowest BCUT2D eigenvalue weighted by atomic mass is 9.96. The van der Waals surface area contributed by atoms with Crippen molar-refractivity contribution in [2.24, 2.45) is 0 Å². The summed E-state index contributed by atoms with van der Waals surface area (Å²) in [5.74, 6) is 2.41. The third-order valence-corrected chi connectivity index (χ3v) is 8.28. The standard InChI is InChI=1S/C31H41N5O/c1-19(2)24-9-8-20(3)28(17-24)35-14-12-27-26(18-35)31(36-15-11-25(37-7)16-22(36)5)34-30(33-27)29-21(4)10-13-32-23(29)6/h8-10,13,17,19,22,25H,11-12,14-16,18H2,1-7H3. The molecule has 0 N–H and O–H groups in total. The Morgan fingerprint density at radius 3 is 2.54 bits per heavy atom. The van der Waals surface area contributed by atoms with Crippen LogP contribution in [0.4, 0.5) is 11.5 Å². The van der Waals surface area contributed by atoms with Gasteiger partial charge in [0, 0.05) is 67.9 Å². The van der Waals surface area contributed by atoms with Crippen molar-refractivity contribution >= 4 is 11.5 Å². The SMILES string of the molecule is COC1CCN(c2nc(-c3c(C)ccnc3C)nc3c2CN(c2cc(C(C)C)ccc2C)CC3)C(C)C1. The van der Waals surface area contributed by atoms with Gasteiger partial charge in [0.15, 0.2) is 5.82 Å². The van der Waals surface area contributed by atoms with E-state index in [2.05, 4.69) is 80.6 Å². The van der Waals surface area contributed by atoms with Crippen LogP contribution in [0.15, 0.2) is 30.5 Å². The molecule has 1 fully saturated rings. The molecular weight excluding hydrogens is 458 g/mol. The molecule has 0 saturated carbocycles. The predicted octanol–water partition coefficient (Wildman–Crippen LogP) is 6.15. The van der Waals surface area contributed by atoms with Crippen LogP contribution in [0.25, 0.3) is 11.4 Å². The first-order valence-electron chi connectivity index (χ1n) is 13.7. The number of aromatic nitrogens is 3. The number of pyridine rings is 1.